The quantitative estimate of drug-likeness (QED) is 0.376. The van der Waals surface area contributed by atoms with Crippen molar-refractivity contribution in [2.24, 2.45) is 0 Å². The van der Waals surface area contributed by atoms with Gasteiger partial charge >= 0.3 is 0 Å². The Morgan fingerprint density at radius 2 is 2.03 bits per heavy atom. The summed E-state index contributed by atoms with van der Waals surface area (Å²) in [5, 5.41) is 8.51. The lowest BCUT2D eigenvalue weighted by Crippen LogP contribution is -2.30. The summed E-state index contributed by atoms with van der Waals surface area (Å²) in [5.41, 5.74) is 3.48. The van der Waals surface area contributed by atoms with Crippen molar-refractivity contribution < 1.29 is 18.8 Å². The summed E-state index contributed by atoms with van der Waals surface area (Å²) in [4.78, 5) is 24.3. The van der Waals surface area contributed by atoms with Crippen LogP contribution in [-0.2, 0) is 0 Å². The lowest BCUT2D eigenvalue weighted by molar-refractivity contribution is 0.0736. The van der Waals surface area contributed by atoms with Gasteiger partial charge in [0.25, 0.3) is 11.9 Å². The normalized spacial score (nSPS) is 13.9. The number of benzene rings is 1. The first kappa shape index (κ1) is 22.6. The number of hydrogen-bond donors (Lipinski definition) is 0. The second-order valence-electron chi connectivity index (χ2n) is 8.45. The first-order valence-corrected chi connectivity index (χ1v) is 11.3. The molecule has 3 aromatic heterocycles. The molecule has 0 aliphatic heterocycles. The predicted octanol–water partition coefficient (Wildman–Crippen LogP) is 4.05. The van der Waals surface area contributed by atoms with Crippen LogP contribution >= 0.6 is 0 Å². The van der Waals surface area contributed by atoms with Crippen LogP contribution in [0.15, 0.2) is 53.5 Å². The Labute approximate surface area is 202 Å². The van der Waals surface area contributed by atoms with Gasteiger partial charge in [-0.05, 0) is 44.0 Å². The Kier molecular flexibility index (Phi) is 5.94. The standard InChI is InChI=1S/C25H26N6O4/c1-15(20-10-12-35-29-20)30(2)24(32)19-14-27-31(23(19)16-5-6-16)25-26-11-9-21(28-25)18-13-17(33-3)7-8-22(18)34-4/h7-16H,5-6H2,1-4H3. The lowest BCUT2D eigenvalue weighted by Gasteiger charge is -2.23. The molecule has 10 heteroatoms. The summed E-state index contributed by atoms with van der Waals surface area (Å²) in [6.45, 7) is 1.91. The average Bonchev–Trinajstić information content (AvgIpc) is 3.40. The molecule has 0 bridgehead atoms. The van der Waals surface area contributed by atoms with E-state index in [2.05, 4.69) is 15.2 Å². The van der Waals surface area contributed by atoms with Crippen molar-refractivity contribution >= 4 is 5.91 Å². The smallest absolute Gasteiger partial charge is 0.257 e. The Hall–Kier alpha value is -4.21. The maximum absolute atomic E-state index is 13.5. The van der Waals surface area contributed by atoms with E-state index in [1.54, 1.807) is 55.4 Å². The van der Waals surface area contributed by atoms with E-state index in [9.17, 15) is 4.79 Å². The van der Waals surface area contributed by atoms with E-state index in [4.69, 9.17) is 19.0 Å². The number of carbonyl (C=O) groups is 1. The minimum Gasteiger partial charge on any atom is -0.497 e. The molecular formula is C25H26N6O4. The van der Waals surface area contributed by atoms with Gasteiger partial charge in [0.1, 0.15) is 23.5 Å². The van der Waals surface area contributed by atoms with Crippen molar-refractivity contribution in [3.05, 3.63) is 65.9 Å². The van der Waals surface area contributed by atoms with Crippen LogP contribution in [0.25, 0.3) is 17.2 Å². The minimum atomic E-state index is -0.253. The van der Waals surface area contributed by atoms with Gasteiger partial charge in [-0.15, -0.1) is 0 Å². The van der Waals surface area contributed by atoms with Gasteiger partial charge in [0.2, 0.25) is 0 Å². The van der Waals surface area contributed by atoms with E-state index in [0.29, 0.717) is 34.4 Å². The summed E-state index contributed by atoms with van der Waals surface area (Å²) in [5.74, 6) is 1.83. The first-order valence-electron chi connectivity index (χ1n) is 11.3. The molecule has 1 aliphatic rings. The number of methoxy groups -OCH3 is 2. The molecule has 5 rings (SSSR count). The van der Waals surface area contributed by atoms with E-state index in [-0.39, 0.29) is 17.9 Å². The molecule has 1 amide bonds. The minimum absolute atomic E-state index is 0.140. The third kappa shape index (κ3) is 4.23. The van der Waals surface area contributed by atoms with Gasteiger partial charge in [-0.3, -0.25) is 4.79 Å². The molecule has 0 saturated heterocycles. The molecule has 0 spiro atoms. The zero-order valence-electron chi connectivity index (χ0n) is 20.0. The van der Waals surface area contributed by atoms with Crippen molar-refractivity contribution in [3.63, 3.8) is 0 Å². The molecule has 1 aromatic carbocycles. The number of carbonyl (C=O) groups excluding carboxylic acids is 1. The lowest BCUT2D eigenvalue weighted by atomic mass is 10.1. The zero-order valence-corrected chi connectivity index (χ0v) is 20.0. The van der Waals surface area contributed by atoms with Gasteiger partial charge in [0, 0.05) is 30.8 Å². The number of aromatic nitrogens is 5. The number of nitrogens with zero attached hydrogens (tertiary/aromatic N) is 6. The molecule has 10 nitrogen and oxygen atoms in total. The summed E-state index contributed by atoms with van der Waals surface area (Å²) in [6, 6.07) is 8.84. The van der Waals surface area contributed by atoms with Crippen LogP contribution in [0.2, 0.25) is 0 Å². The Morgan fingerprint density at radius 3 is 2.71 bits per heavy atom. The molecule has 1 unspecified atom stereocenters. The van der Waals surface area contributed by atoms with E-state index >= 15 is 0 Å². The largest absolute Gasteiger partial charge is 0.497 e. The number of rotatable bonds is 8. The third-order valence-electron chi connectivity index (χ3n) is 6.30. The van der Waals surface area contributed by atoms with Crippen molar-refractivity contribution in [1.29, 1.82) is 0 Å². The first-order chi connectivity index (χ1) is 17.0. The van der Waals surface area contributed by atoms with E-state index < -0.39 is 0 Å². The second-order valence-corrected chi connectivity index (χ2v) is 8.45. The van der Waals surface area contributed by atoms with Crippen LogP contribution in [0.3, 0.4) is 0 Å². The molecular weight excluding hydrogens is 448 g/mol. The second kappa shape index (κ2) is 9.21. The number of hydrogen-bond acceptors (Lipinski definition) is 8. The van der Waals surface area contributed by atoms with Crippen molar-refractivity contribution in [3.8, 4) is 28.7 Å². The van der Waals surface area contributed by atoms with Crippen molar-refractivity contribution in [2.75, 3.05) is 21.3 Å². The highest BCUT2D eigenvalue weighted by atomic mass is 16.5. The molecule has 180 valence electrons. The van der Waals surface area contributed by atoms with Crippen LogP contribution in [-0.4, -0.2) is 57.0 Å². The molecule has 3 heterocycles. The topological polar surface area (TPSA) is 108 Å². The molecule has 1 fully saturated rings. The van der Waals surface area contributed by atoms with Gasteiger partial charge in [-0.2, -0.15) is 5.10 Å². The van der Waals surface area contributed by atoms with E-state index in [1.165, 1.54) is 6.26 Å². The Morgan fingerprint density at radius 1 is 1.20 bits per heavy atom. The highest BCUT2D eigenvalue weighted by molar-refractivity contribution is 5.95. The maximum atomic E-state index is 13.5. The predicted molar refractivity (Wildman–Crippen MR) is 127 cm³/mol. The van der Waals surface area contributed by atoms with Crippen LogP contribution in [0.1, 0.15) is 53.5 Å². The Balaban J connectivity index is 1.52. The molecule has 1 atom stereocenters. The van der Waals surface area contributed by atoms with Gasteiger partial charge in [0.05, 0.1) is 43.4 Å². The zero-order chi connectivity index (χ0) is 24.5. The third-order valence-corrected chi connectivity index (χ3v) is 6.30. The molecule has 0 N–H and O–H groups in total. The van der Waals surface area contributed by atoms with Gasteiger partial charge in [-0.1, -0.05) is 5.16 Å². The monoisotopic (exact) mass is 474 g/mol. The Bertz CT molecular complexity index is 1350. The summed E-state index contributed by atoms with van der Waals surface area (Å²) < 4.78 is 17.5. The fraction of sp³-hybridized carbons (Fsp3) is 0.320. The highest BCUT2D eigenvalue weighted by Crippen LogP contribution is 2.43. The van der Waals surface area contributed by atoms with E-state index in [0.717, 1.165) is 24.1 Å². The summed E-state index contributed by atoms with van der Waals surface area (Å²) in [7, 11) is 4.98. The van der Waals surface area contributed by atoms with Gasteiger partial charge in [-0.25, -0.2) is 14.6 Å². The fourth-order valence-corrected chi connectivity index (χ4v) is 4.05. The highest BCUT2D eigenvalue weighted by Gasteiger charge is 2.35. The van der Waals surface area contributed by atoms with Crippen LogP contribution < -0.4 is 9.47 Å². The summed E-state index contributed by atoms with van der Waals surface area (Å²) >= 11 is 0. The molecule has 35 heavy (non-hydrogen) atoms. The molecule has 1 saturated carbocycles. The summed E-state index contributed by atoms with van der Waals surface area (Å²) in [6.07, 6.45) is 6.74. The van der Waals surface area contributed by atoms with Crippen LogP contribution in [0.4, 0.5) is 0 Å². The van der Waals surface area contributed by atoms with Crippen LogP contribution in [0.5, 0.6) is 11.5 Å². The van der Waals surface area contributed by atoms with Crippen molar-refractivity contribution in [1.82, 2.24) is 29.8 Å². The SMILES string of the molecule is COc1ccc(OC)c(-c2ccnc(-n3ncc(C(=O)N(C)C(C)c4ccon4)c3C3CC3)n2)c1. The van der Waals surface area contributed by atoms with E-state index in [1.807, 2.05) is 25.1 Å². The molecule has 1 aliphatic carbocycles. The maximum Gasteiger partial charge on any atom is 0.257 e. The molecule has 0 radical (unpaired) electrons. The number of ether oxygens (including phenoxy) is 2. The van der Waals surface area contributed by atoms with Gasteiger partial charge in [0.15, 0.2) is 0 Å². The molecule has 4 aromatic rings. The number of amides is 1. The fourth-order valence-electron chi connectivity index (χ4n) is 4.05. The van der Waals surface area contributed by atoms with Crippen molar-refractivity contribution in [2.45, 2.75) is 31.7 Å². The van der Waals surface area contributed by atoms with Crippen LogP contribution in [0, 0.1) is 0 Å². The van der Waals surface area contributed by atoms with Gasteiger partial charge < -0.3 is 18.9 Å². The average molecular weight is 475 g/mol.